The van der Waals surface area contributed by atoms with Crippen LogP contribution in [0.25, 0.3) is 0 Å². The minimum atomic E-state index is -4.17. The van der Waals surface area contributed by atoms with E-state index in [2.05, 4.69) is 5.32 Å². The van der Waals surface area contributed by atoms with Gasteiger partial charge in [0.05, 0.1) is 24.8 Å². The van der Waals surface area contributed by atoms with Crippen molar-refractivity contribution in [1.82, 2.24) is 10.2 Å². The van der Waals surface area contributed by atoms with E-state index in [0.29, 0.717) is 23.6 Å². The van der Waals surface area contributed by atoms with Crippen LogP contribution in [0, 0.1) is 6.92 Å². The summed E-state index contributed by atoms with van der Waals surface area (Å²) in [6, 6.07) is 19.6. The molecule has 1 aliphatic carbocycles. The molecule has 1 saturated carbocycles. The van der Waals surface area contributed by atoms with Crippen molar-refractivity contribution in [2.45, 2.75) is 75.9 Å². The Morgan fingerprint density at radius 1 is 0.909 bits per heavy atom. The van der Waals surface area contributed by atoms with Gasteiger partial charge in [0.1, 0.15) is 24.1 Å². The minimum Gasteiger partial charge on any atom is -0.497 e. The van der Waals surface area contributed by atoms with Crippen molar-refractivity contribution in [2.24, 2.45) is 0 Å². The van der Waals surface area contributed by atoms with Crippen LogP contribution in [-0.4, -0.2) is 58.0 Å². The molecule has 4 rings (SSSR count). The maximum atomic E-state index is 14.3. The van der Waals surface area contributed by atoms with Crippen LogP contribution in [0.15, 0.2) is 77.7 Å². The molecular formula is C34H43N3O6S. The van der Waals surface area contributed by atoms with E-state index in [1.54, 1.807) is 43.5 Å². The van der Waals surface area contributed by atoms with E-state index < -0.39 is 28.5 Å². The van der Waals surface area contributed by atoms with Crippen molar-refractivity contribution in [3.8, 4) is 11.5 Å². The van der Waals surface area contributed by atoms with Gasteiger partial charge in [-0.15, -0.1) is 0 Å². The summed E-state index contributed by atoms with van der Waals surface area (Å²) >= 11 is 0. The summed E-state index contributed by atoms with van der Waals surface area (Å²) in [7, 11) is -1.10. The number of sulfonamides is 1. The Labute approximate surface area is 261 Å². The number of benzene rings is 3. The number of nitrogens with zero attached hydrogens (tertiary/aromatic N) is 2. The molecule has 0 unspecified atom stereocenters. The Bertz CT molecular complexity index is 1500. The number of methoxy groups -OCH3 is 2. The van der Waals surface area contributed by atoms with Gasteiger partial charge in [-0.25, -0.2) is 8.42 Å². The normalized spacial score (nSPS) is 14.4. The number of anilines is 1. The number of hydrogen-bond acceptors (Lipinski definition) is 6. The number of hydrogen-bond donors (Lipinski definition) is 1. The lowest BCUT2D eigenvalue weighted by Crippen LogP contribution is -2.54. The van der Waals surface area contributed by atoms with E-state index in [4.69, 9.17) is 9.47 Å². The lowest BCUT2D eigenvalue weighted by Gasteiger charge is -2.34. The quantitative estimate of drug-likeness (QED) is 0.272. The van der Waals surface area contributed by atoms with Gasteiger partial charge in [0.15, 0.2) is 0 Å². The number of nitrogens with one attached hydrogen (secondary N) is 1. The molecule has 3 aromatic rings. The molecule has 1 aliphatic rings. The van der Waals surface area contributed by atoms with Crippen LogP contribution in [0.2, 0.25) is 0 Å². The lowest BCUT2D eigenvalue weighted by molar-refractivity contribution is -0.140. The van der Waals surface area contributed by atoms with E-state index in [1.165, 1.54) is 24.1 Å². The molecule has 9 nitrogen and oxygen atoms in total. The number of ether oxygens (including phenoxy) is 2. The molecule has 2 amide bonds. The van der Waals surface area contributed by atoms with Crippen LogP contribution in [0.4, 0.5) is 5.69 Å². The Hall–Kier alpha value is -4.05. The molecule has 10 heteroatoms. The second-order valence-electron chi connectivity index (χ2n) is 11.2. The Morgan fingerprint density at radius 3 is 2.18 bits per heavy atom. The number of carbonyl (C=O) groups excluding carboxylic acids is 2. The molecule has 236 valence electrons. The molecule has 1 fully saturated rings. The fraction of sp³-hybridized carbons (Fsp3) is 0.412. The average Bonchev–Trinajstić information content (AvgIpc) is 3.04. The predicted octanol–water partition coefficient (Wildman–Crippen LogP) is 5.46. The highest BCUT2D eigenvalue weighted by Gasteiger charge is 2.34. The molecule has 44 heavy (non-hydrogen) atoms. The van der Waals surface area contributed by atoms with Gasteiger partial charge in [-0.05, 0) is 80.3 Å². The summed E-state index contributed by atoms with van der Waals surface area (Å²) in [4.78, 5) is 29.5. The van der Waals surface area contributed by atoms with Gasteiger partial charge >= 0.3 is 0 Å². The van der Waals surface area contributed by atoms with Crippen LogP contribution >= 0.6 is 0 Å². The summed E-state index contributed by atoms with van der Waals surface area (Å²) in [5.41, 5.74) is 2.06. The number of aryl methyl sites for hydroxylation is 1. The zero-order valence-electron chi connectivity index (χ0n) is 26.0. The minimum absolute atomic E-state index is 0.0214. The van der Waals surface area contributed by atoms with Crippen molar-refractivity contribution in [3.05, 3.63) is 83.9 Å². The molecule has 1 N–H and O–H groups in total. The first kappa shape index (κ1) is 32.9. The second kappa shape index (κ2) is 15.1. The van der Waals surface area contributed by atoms with Crippen molar-refractivity contribution in [3.63, 3.8) is 0 Å². The molecule has 0 aliphatic heterocycles. The number of carbonyl (C=O) groups is 2. The molecule has 3 aromatic carbocycles. The zero-order chi connectivity index (χ0) is 31.7. The van der Waals surface area contributed by atoms with Crippen LogP contribution in [0.3, 0.4) is 0 Å². The maximum Gasteiger partial charge on any atom is 0.264 e. The van der Waals surface area contributed by atoms with Gasteiger partial charge < -0.3 is 19.7 Å². The smallest absolute Gasteiger partial charge is 0.264 e. The van der Waals surface area contributed by atoms with Gasteiger partial charge in [-0.2, -0.15) is 0 Å². The maximum absolute atomic E-state index is 14.3. The monoisotopic (exact) mass is 621 g/mol. The summed E-state index contributed by atoms with van der Waals surface area (Å²) in [6.45, 7) is 3.39. The third kappa shape index (κ3) is 8.11. The molecule has 0 bridgehead atoms. The van der Waals surface area contributed by atoms with E-state index >= 15 is 0 Å². The van der Waals surface area contributed by atoms with Gasteiger partial charge in [-0.3, -0.25) is 13.9 Å². The highest BCUT2D eigenvalue weighted by Crippen LogP contribution is 2.27. The Morgan fingerprint density at radius 2 is 1.57 bits per heavy atom. The molecule has 0 spiro atoms. The van der Waals surface area contributed by atoms with Crippen LogP contribution in [0.5, 0.6) is 11.5 Å². The van der Waals surface area contributed by atoms with Crippen LogP contribution < -0.4 is 19.1 Å². The van der Waals surface area contributed by atoms with Gasteiger partial charge in [-0.1, -0.05) is 56.0 Å². The SMILES string of the molecule is CC[C@H](C(=O)NC1CCCCC1)N(Cc1cccc(OC)c1)C(=O)CN(c1ccc(C)cc1)S(=O)(=O)c1ccc(OC)cc1. The van der Waals surface area contributed by atoms with Gasteiger partial charge in [0.2, 0.25) is 11.8 Å². The number of rotatable bonds is 13. The highest BCUT2D eigenvalue weighted by molar-refractivity contribution is 7.92. The molecule has 1 atom stereocenters. The third-order valence-corrected chi connectivity index (χ3v) is 9.86. The zero-order valence-corrected chi connectivity index (χ0v) is 26.8. The van der Waals surface area contributed by atoms with Crippen molar-refractivity contribution >= 4 is 27.5 Å². The standard InChI is InChI=1S/C34H43N3O6S/c1-5-32(34(39)35-27-11-7-6-8-12-27)36(23-26-10-9-13-30(22-26)43-4)33(38)24-37(28-16-14-25(2)15-17-28)44(40,41)31-20-18-29(42-3)19-21-31/h9-10,13-22,27,32H,5-8,11-12,23-24H2,1-4H3,(H,35,39)/t32-/m1/s1. The van der Waals surface area contributed by atoms with Crippen LogP contribution in [-0.2, 0) is 26.2 Å². The van der Waals surface area contributed by atoms with E-state index in [9.17, 15) is 18.0 Å². The fourth-order valence-electron chi connectivity index (χ4n) is 5.55. The van der Waals surface area contributed by atoms with Gasteiger partial charge in [0, 0.05) is 12.6 Å². The van der Waals surface area contributed by atoms with E-state index in [-0.39, 0.29) is 23.4 Å². The molecule has 0 aromatic heterocycles. The first-order valence-electron chi connectivity index (χ1n) is 15.1. The van der Waals surface area contributed by atoms with Crippen LogP contribution in [0.1, 0.15) is 56.6 Å². The Balaban J connectivity index is 1.71. The summed E-state index contributed by atoms with van der Waals surface area (Å²) in [5.74, 6) is 0.422. The highest BCUT2D eigenvalue weighted by atomic mass is 32.2. The first-order valence-corrected chi connectivity index (χ1v) is 16.6. The summed E-state index contributed by atoms with van der Waals surface area (Å²) in [6.07, 6.45) is 5.46. The lowest BCUT2D eigenvalue weighted by atomic mass is 9.95. The predicted molar refractivity (Wildman–Crippen MR) is 171 cm³/mol. The fourth-order valence-corrected chi connectivity index (χ4v) is 6.96. The Kier molecular flexibility index (Phi) is 11.3. The summed E-state index contributed by atoms with van der Waals surface area (Å²) in [5, 5.41) is 3.17. The second-order valence-corrected chi connectivity index (χ2v) is 13.0. The largest absolute Gasteiger partial charge is 0.497 e. The number of amides is 2. The van der Waals surface area contributed by atoms with Crippen molar-refractivity contribution in [2.75, 3.05) is 25.1 Å². The van der Waals surface area contributed by atoms with E-state index in [1.807, 2.05) is 38.1 Å². The molecular weight excluding hydrogens is 578 g/mol. The van der Waals surface area contributed by atoms with Crippen molar-refractivity contribution in [1.29, 1.82) is 0 Å². The van der Waals surface area contributed by atoms with Gasteiger partial charge in [0.25, 0.3) is 10.0 Å². The third-order valence-electron chi connectivity index (χ3n) is 8.07. The molecule has 0 saturated heterocycles. The van der Waals surface area contributed by atoms with E-state index in [0.717, 1.165) is 47.5 Å². The molecule has 0 radical (unpaired) electrons. The van der Waals surface area contributed by atoms with Crippen molar-refractivity contribution < 1.29 is 27.5 Å². The molecule has 0 heterocycles. The average molecular weight is 622 g/mol. The topological polar surface area (TPSA) is 105 Å². The summed E-state index contributed by atoms with van der Waals surface area (Å²) < 4.78 is 39.9. The first-order chi connectivity index (χ1) is 21.2.